The standard InChI is InChI=1S/C26H32ClN5O4S.H2O/c27-22-14-20-2-1-8-28-24(20)23(15-22)25(33)29-9-5-17-6-10-32(11-7-17)37(35,36)31-26(34)30-16-21-13-18-3-4-19(21)12-18;/h1-4,8,14-15,17-19,21H,5-7,9-13,16H2,(H,29,33)(H2,30,31,34);1H2/t18-,19-,21+;/m1./s1. The summed E-state index contributed by atoms with van der Waals surface area (Å²) in [7, 11) is -3.89. The molecule has 2 heterocycles. The summed E-state index contributed by atoms with van der Waals surface area (Å²) >= 11 is 6.17. The Morgan fingerprint density at radius 1 is 1.11 bits per heavy atom. The molecule has 10 nitrogen and oxygen atoms in total. The van der Waals surface area contributed by atoms with Crippen LogP contribution in [0, 0.1) is 23.7 Å². The smallest absolute Gasteiger partial charge is 0.329 e. The van der Waals surface area contributed by atoms with Crippen molar-refractivity contribution in [3.8, 4) is 0 Å². The lowest BCUT2D eigenvalue weighted by Gasteiger charge is -2.31. The first-order chi connectivity index (χ1) is 17.8. The van der Waals surface area contributed by atoms with Gasteiger partial charge < -0.3 is 16.1 Å². The van der Waals surface area contributed by atoms with Crippen LogP contribution in [-0.4, -0.2) is 61.3 Å². The lowest BCUT2D eigenvalue weighted by atomic mass is 9.94. The summed E-state index contributed by atoms with van der Waals surface area (Å²) in [6.45, 7) is 1.63. The highest BCUT2D eigenvalue weighted by molar-refractivity contribution is 7.87. The Hall–Kier alpha value is -2.73. The van der Waals surface area contributed by atoms with Crippen LogP contribution >= 0.6 is 11.6 Å². The number of halogens is 1. The van der Waals surface area contributed by atoms with E-state index in [9.17, 15) is 18.0 Å². The minimum atomic E-state index is -3.89. The molecule has 3 amide bonds. The number of allylic oxidation sites excluding steroid dienone is 2. The Kier molecular flexibility index (Phi) is 8.92. The van der Waals surface area contributed by atoms with Crippen molar-refractivity contribution in [3.63, 3.8) is 0 Å². The molecule has 2 fully saturated rings. The second-order valence-corrected chi connectivity index (χ2v) is 12.4. The van der Waals surface area contributed by atoms with Gasteiger partial charge >= 0.3 is 16.2 Å². The molecule has 12 heteroatoms. The maximum Gasteiger partial charge on any atom is 0.329 e. The third-order valence-electron chi connectivity index (χ3n) is 7.83. The summed E-state index contributed by atoms with van der Waals surface area (Å²) in [6, 6.07) is 6.39. The number of piperidine rings is 1. The van der Waals surface area contributed by atoms with Crippen molar-refractivity contribution in [2.45, 2.75) is 32.1 Å². The van der Waals surface area contributed by atoms with Crippen molar-refractivity contribution >= 4 is 44.7 Å². The SMILES string of the molecule is O.O=C(NC[C@@H]1C[C@@H]2C=C[C@@H]1C2)NS(=O)(=O)N1CCC(CCNC(=O)c2cc(Cl)cc3cccnc23)CC1. The highest BCUT2D eigenvalue weighted by Crippen LogP contribution is 2.42. The van der Waals surface area contributed by atoms with E-state index in [1.54, 1.807) is 24.4 Å². The van der Waals surface area contributed by atoms with Crippen LogP contribution in [0.5, 0.6) is 0 Å². The Bertz CT molecular complexity index is 1310. The molecule has 1 saturated carbocycles. The number of amides is 3. The summed E-state index contributed by atoms with van der Waals surface area (Å²) in [5, 5.41) is 6.96. The maximum atomic E-state index is 12.8. The van der Waals surface area contributed by atoms with Crippen molar-refractivity contribution < 1.29 is 23.5 Å². The minimum absolute atomic E-state index is 0. The van der Waals surface area contributed by atoms with Crippen LogP contribution in [0.3, 0.4) is 0 Å². The molecular weight excluding hydrogens is 530 g/mol. The summed E-state index contributed by atoms with van der Waals surface area (Å²) in [4.78, 5) is 29.3. The number of benzene rings is 1. The third-order valence-corrected chi connectivity index (χ3v) is 9.54. The zero-order valence-electron chi connectivity index (χ0n) is 21.0. The first kappa shape index (κ1) is 28.3. The van der Waals surface area contributed by atoms with Gasteiger partial charge in [-0.3, -0.25) is 9.78 Å². The fraction of sp³-hybridized carbons (Fsp3) is 0.500. The first-order valence-corrected chi connectivity index (χ1v) is 14.7. The zero-order valence-corrected chi connectivity index (χ0v) is 22.6. The molecule has 3 aliphatic rings. The number of hydrogen-bond donors (Lipinski definition) is 3. The average Bonchev–Trinajstić information content (AvgIpc) is 3.51. The maximum absolute atomic E-state index is 12.8. The average molecular weight is 564 g/mol. The van der Waals surface area contributed by atoms with Gasteiger partial charge in [0.2, 0.25) is 0 Å². The van der Waals surface area contributed by atoms with Crippen LogP contribution in [0.2, 0.25) is 5.02 Å². The predicted octanol–water partition coefficient (Wildman–Crippen LogP) is 2.65. The molecule has 1 saturated heterocycles. The third kappa shape index (κ3) is 6.45. The van der Waals surface area contributed by atoms with Crippen LogP contribution in [-0.2, 0) is 10.2 Å². The lowest BCUT2D eigenvalue weighted by molar-refractivity contribution is 0.0951. The Labute approximate surface area is 227 Å². The van der Waals surface area contributed by atoms with Gasteiger partial charge in [-0.1, -0.05) is 29.8 Å². The van der Waals surface area contributed by atoms with Gasteiger partial charge in [-0.15, -0.1) is 0 Å². The number of hydrogen-bond acceptors (Lipinski definition) is 5. The Morgan fingerprint density at radius 2 is 1.89 bits per heavy atom. The number of nitrogens with one attached hydrogen (secondary N) is 3. The largest absolute Gasteiger partial charge is 0.412 e. The van der Waals surface area contributed by atoms with Crippen LogP contribution in [0.1, 0.15) is 42.5 Å². The number of carbonyl (C=O) groups excluding carboxylic acids is 2. The van der Waals surface area contributed by atoms with Gasteiger partial charge in [0.1, 0.15) is 0 Å². The van der Waals surface area contributed by atoms with Crippen LogP contribution in [0.15, 0.2) is 42.6 Å². The van der Waals surface area contributed by atoms with Gasteiger partial charge in [0.15, 0.2) is 0 Å². The molecule has 1 aromatic heterocycles. The number of fused-ring (bicyclic) bond motifs is 3. The van der Waals surface area contributed by atoms with E-state index in [0.29, 0.717) is 72.9 Å². The fourth-order valence-corrected chi connectivity index (χ4v) is 7.18. The van der Waals surface area contributed by atoms with E-state index < -0.39 is 16.2 Å². The Balaban J connectivity index is 0.00000336. The molecule has 1 aromatic carbocycles. The van der Waals surface area contributed by atoms with Gasteiger partial charge in [0.25, 0.3) is 5.91 Å². The Morgan fingerprint density at radius 3 is 2.61 bits per heavy atom. The summed E-state index contributed by atoms with van der Waals surface area (Å²) in [5.41, 5.74) is 1.04. The molecular formula is C26H34ClN5O5S. The van der Waals surface area contributed by atoms with E-state index in [0.717, 1.165) is 24.6 Å². The van der Waals surface area contributed by atoms with Crippen LogP contribution in [0.25, 0.3) is 10.9 Å². The molecule has 2 aromatic rings. The molecule has 2 aliphatic carbocycles. The lowest BCUT2D eigenvalue weighted by Crippen LogP contribution is -2.50. The van der Waals surface area contributed by atoms with Gasteiger partial charge in [-0.25, -0.2) is 9.52 Å². The quantitative estimate of drug-likeness (QED) is 0.422. The molecule has 0 radical (unpaired) electrons. The van der Waals surface area contributed by atoms with Crippen molar-refractivity contribution in [2.75, 3.05) is 26.2 Å². The number of aromatic nitrogens is 1. The predicted molar refractivity (Wildman–Crippen MR) is 146 cm³/mol. The highest BCUT2D eigenvalue weighted by Gasteiger charge is 2.36. The van der Waals surface area contributed by atoms with Crippen molar-refractivity contribution in [2.24, 2.45) is 23.7 Å². The number of nitrogens with zero attached hydrogens (tertiary/aromatic N) is 2. The number of carbonyl (C=O) groups is 2. The molecule has 206 valence electrons. The minimum Gasteiger partial charge on any atom is -0.412 e. The summed E-state index contributed by atoms with van der Waals surface area (Å²) in [6.07, 6.45) is 10.3. The molecule has 5 N–H and O–H groups in total. The second kappa shape index (κ2) is 12.0. The van der Waals surface area contributed by atoms with Gasteiger partial charge in [0.05, 0.1) is 11.1 Å². The van der Waals surface area contributed by atoms with Gasteiger partial charge in [0, 0.05) is 42.8 Å². The van der Waals surface area contributed by atoms with Crippen molar-refractivity contribution in [1.29, 1.82) is 0 Å². The number of urea groups is 1. The van der Waals surface area contributed by atoms with E-state index in [1.807, 2.05) is 6.07 Å². The molecule has 2 bridgehead atoms. The molecule has 5 rings (SSSR count). The molecule has 3 atom stereocenters. The number of rotatable bonds is 8. The normalized spacial score (nSPS) is 23.2. The van der Waals surface area contributed by atoms with E-state index in [-0.39, 0.29) is 17.3 Å². The van der Waals surface area contributed by atoms with E-state index in [2.05, 4.69) is 32.5 Å². The van der Waals surface area contributed by atoms with Crippen molar-refractivity contribution in [3.05, 3.63) is 53.2 Å². The van der Waals surface area contributed by atoms with E-state index in [4.69, 9.17) is 11.6 Å². The first-order valence-electron chi connectivity index (χ1n) is 12.8. The van der Waals surface area contributed by atoms with Gasteiger partial charge in [-0.05, 0) is 74.0 Å². The van der Waals surface area contributed by atoms with Crippen molar-refractivity contribution in [1.82, 2.24) is 24.6 Å². The van der Waals surface area contributed by atoms with Crippen LogP contribution in [0.4, 0.5) is 4.79 Å². The molecule has 1 aliphatic heterocycles. The fourth-order valence-electron chi connectivity index (χ4n) is 5.82. The van der Waals surface area contributed by atoms with E-state index in [1.165, 1.54) is 4.31 Å². The summed E-state index contributed by atoms with van der Waals surface area (Å²) in [5.74, 6) is 1.52. The number of pyridine rings is 1. The topological polar surface area (TPSA) is 152 Å². The molecule has 0 spiro atoms. The highest BCUT2D eigenvalue weighted by atomic mass is 35.5. The van der Waals surface area contributed by atoms with Crippen LogP contribution < -0.4 is 15.4 Å². The molecule has 0 unspecified atom stereocenters. The monoisotopic (exact) mass is 563 g/mol. The second-order valence-electron chi connectivity index (χ2n) is 10.3. The van der Waals surface area contributed by atoms with Gasteiger partial charge in [-0.2, -0.15) is 12.7 Å². The molecule has 38 heavy (non-hydrogen) atoms. The summed E-state index contributed by atoms with van der Waals surface area (Å²) < 4.78 is 28.9. The van der Waals surface area contributed by atoms with E-state index >= 15 is 0 Å². The zero-order chi connectivity index (χ0) is 26.0.